The number of nitrogens with zero attached hydrogens (tertiary/aromatic N) is 3. The van der Waals surface area contributed by atoms with Gasteiger partial charge in [-0.2, -0.15) is 0 Å². The first-order chi connectivity index (χ1) is 9.79. The molecule has 0 bridgehead atoms. The summed E-state index contributed by atoms with van der Waals surface area (Å²) < 4.78 is 24.6. The Morgan fingerprint density at radius 1 is 1.14 bits per heavy atom. The first-order valence-electron chi connectivity index (χ1n) is 7.27. The number of hydrogen-bond donors (Lipinski definition) is 0. The lowest BCUT2D eigenvalue weighted by Gasteiger charge is -2.31. The van der Waals surface area contributed by atoms with Gasteiger partial charge in [-0.05, 0) is 12.8 Å². The van der Waals surface area contributed by atoms with Gasteiger partial charge in [-0.15, -0.1) is 0 Å². The van der Waals surface area contributed by atoms with E-state index in [-0.39, 0.29) is 24.2 Å². The maximum absolute atomic E-state index is 12.5. The smallest absolute Gasteiger partial charge is 0.226 e. The van der Waals surface area contributed by atoms with Crippen LogP contribution >= 0.6 is 0 Å². The molecule has 2 amide bonds. The Kier molecular flexibility index (Phi) is 4.88. The van der Waals surface area contributed by atoms with E-state index in [0.29, 0.717) is 45.6 Å². The quantitative estimate of drug-likeness (QED) is 0.678. The molecule has 0 aliphatic carbocycles. The van der Waals surface area contributed by atoms with E-state index in [2.05, 4.69) is 0 Å². The normalized spacial score (nSPS) is 25.8. The minimum atomic E-state index is -3.20. The van der Waals surface area contributed by atoms with E-state index in [0.717, 1.165) is 0 Å². The summed E-state index contributed by atoms with van der Waals surface area (Å²) in [7, 11) is -1.46. The molecule has 2 fully saturated rings. The van der Waals surface area contributed by atoms with Crippen molar-refractivity contribution in [1.82, 2.24) is 14.1 Å². The van der Waals surface area contributed by atoms with Crippen LogP contribution in [-0.4, -0.2) is 80.4 Å². The van der Waals surface area contributed by atoms with Crippen molar-refractivity contribution < 1.29 is 18.0 Å². The Morgan fingerprint density at radius 2 is 1.86 bits per heavy atom. The highest BCUT2D eigenvalue weighted by atomic mass is 32.2. The van der Waals surface area contributed by atoms with Crippen molar-refractivity contribution in [2.24, 2.45) is 5.92 Å². The van der Waals surface area contributed by atoms with Gasteiger partial charge in [0.1, 0.15) is 0 Å². The number of hydrogen-bond acceptors (Lipinski definition) is 4. The van der Waals surface area contributed by atoms with Gasteiger partial charge in [0.2, 0.25) is 21.8 Å². The zero-order chi connectivity index (χ0) is 15.6. The highest BCUT2D eigenvalue weighted by Gasteiger charge is 2.32. The van der Waals surface area contributed by atoms with E-state index in [1.165, 1.54) is 10.6 Å². The lowest BCUT2D eigenvalue weighted by atomic mass is 9.95. The summed E-state index contributed by atoms with van der Waals surface area (Å²) in [6.45, 7) is 2.37. The van der Waals surface area contributed by atoms with Crippen LogP contribution in [0.3, 0.4) is 0 Å². The van der Waals surface area contributed by atoms with Gasteiger partial charge < -0.3 is 9.80 Å². The van der Waals surface area contributed by atoms with E-state index < -0.39 is 10.0 Å². The average Bonchev–Trinajstić information content (AvgIpc) is 2.66. The third kappa shape index (κ3) is 3.94. The fourth-order valence-electron chi connectivity index (χ4n) is 2.86. The number of likely N-dealkylation sites (tertiary alicyclic amines) is 1. The Labute approximate surface area is 125 Å². The van der Waals surface area contributed by atoms with Crippen LogP contribution in [0.5, 0.6) is 0 Å². The third-order valence-electron chi connectivity index (χ3n) is 4.24. The second kappa shape index (κ2) is 6.31. The zero-order valence-electron chi connectivity index (χ0n) is 12.6. The summed E-state index contributed by atoms with van der Waals surface area (Å²) in [5.41, 5.74) is 0. The number of rotatable bonds is 2. The molecule has 8 heteroatoms. The van der Waals surface area contributed by atoms with Gasteiger partial charge in [-0.1, -0.05) is 0 Å². The number of carbonyl (C=O) groups is 2. The van der Waals surface area contributed by atoms with Crippen molar-refractivity contribution in [2.45, 2.75) is 19.3 Å². The molecule has 2 heterocycles. The Bertz CT molecular complexity index is 520. The van der Waals surface area contributed by atoms with Gasteiger partial charge in [-0.25, -0.2) is 12.7 Å². The second-order valence-electron chi connectivity index (χ2n) is 5.85. The van der Waals surface area contributed by atoms with E-state index in [9.17, 15) is 18.0 Å². The van der Waals surface area contributed by atoms with E-state index in [1.807, 2.05) is 0 Å². The number of sulfonamides is 1. The van der Waals surface area contributed by atoms with Crippen molar-refractivity contribution in [1.29, 1.82) is 0 Å². The molecule has 0 aromatic heterocycles. The Hall–Kier alpha value is -1.15. The summed E-state index contributed by atoms with van der Waals surface area (Å²) in [4.78, 5) is 27.6. The molecular weight excluding hydrogens is 294 g/mol. The van der Waals surface area contributed by atoms with Crippen molar-refractivity contribution in [2.75, 3.05) is 46.0 Å². The molecule has 0 saturated carbocycles. The molecule has 21 heavy (non-hydrogen) atoms. The standard InChI is InChI=1S/C13H23N3O4S/c1-14-7-4-11(10-12(14)17)13(18)15-5-3-6-16(9-8-15)21(2,19)20/h11H,3-10H2,1-2H3/t11-/m1/s1. The van der Waals surface area contributed by atoms with Gasteiger partial charge in [0.25, 0.3) is 0 Å². The number of piperidine rings is 1. The molecule has 7 nitrogen and oxygen atoms in total. The fourth-order valence-corrected chi connectivity index (χ4v) is 3.73. The SMILES string of the molecule is CN1CC[C@@H](C(=O)N2CCCN(S(C)(=O)=O)CC2)CC1=O. The second-order valence-corrected chi connectivity index (χ2v) is 7.83. The molecule has 2 aliphatic rings. The molecule has 0 aromatic carbocycles. The summed E-state index contributed by atoms with van der Waals surface area (Å²) in [6, 6.07) is 0. The van der Waals surface area contributed by atoms with Gasteiger partial charge in [0, 0.05) is 52.1 Å². The summed E-state index contributed by atoms with van der Waals surface area (Å²) in [6.07, 6.45) is 2.79. The molecule has 0 unspecified atom stereocenters. The van der Waals surface area contributed by atoms with Crippen molar-refractivity contribution >= 4 is 21.8 Å². The lowest BCUT2D eigenvalue weighted by Crippen LogP contribution is -2.45. The van der Waals surface area contributed by atoms with Crippen LogP contribution in [0.15, 0.2) is 0 Å². The van der Waals surface area contributed by atoms with Crippen molar-refractivity contribution in [3.63, 3.8) is 0 Å². The third-order valence-corrected chi connectivity index (χ3v) is 5.55. The van der Waals surface area contributed by atoms with Gasteiger partial charge in [0.05, 0.1) is 6.26 Å². The van der Waals surface area contributed by atoms with Crippen LogP contribution in [-0.2, 0) is 19.6 Å². The predicted octanol–water partition coefficient (Wildman–Crippen LogP) is -0.651. The molecule has 1 atom stereocenters. The minimum absolute atomic E-state index is 0.00665. The fraction of sp³-hybridized carbons (Fsp3) is 0.846. The Morgan fingerprint density at radius 3 is 2.48 bits per heavy atom. The maximum atomic E-state index is 12.5. The van der Waals surface area contributed by atoms with Crippen LogP contribution in [0.2, 0.25) is 0 Å². The molecule has 2 rings (SSSR count). The molecule has 2 saturated heterocycles. The highest BCUT2D eigenvalue weighted by Crippen LogP contribution is 2.21. The van der Waals surface area contributed by atoms with Crippen molar-refractivity contribution in [3.05, 3.63) is 0 Å². The largest absolute Gasteiger partial charge is 0.346 e. The van der Waals surface area contributed by atoms with E-state index in [1.54, 1.807) is 16.8 Å². The topological polar surface area (TPSA) is 78.0 Å². The van der Waals surface area contributed by atoms with Crippen LogP contribution in [0.4, 0.5) is 0 Å². The maximum Gasteiger partial charge on any atom is 0.226 e. The van der Waals surface area contributed by atoms with Crippen LogP contribution < -0.4 is 0 Å². The van der Waals surface area contributed by atoms with Crippen LogP contribution in [0.25, 0.3) is 0 Å². The first-order valence-corrected chi connectivity index (χ1v) is 9.12. The first kappa shape index (κ1) is 16.2. The summed E-state index contributed by atoms with van der Waals surface area (Å²) in [5, 5.41) is 0. The molecule has 0 aromatic rings. The molecule has 0 radical (unpaired) electrons. The highest BCUT2D eigenvalue weighted by molar-refractivity contribution is 7.88. The van der Waals surface area contributed by atoms with Crippen LogP contribution in [0, 0.1) is 5.92 Å². The van der Waals surface area contributed by atoms with Gasteiger partial charge in [0.15, 0.2) is 0 Å². The average molecular weight is 317 g/mol. The van der Waals surface area contributed by atoms with Gasteiger partial charge in [-0.3, -0.25) is 9.59 Å². The lowest BCUT2D eigenvalue weighted by molar-refractivity contribution is -0.144. The summed E-state index contributed by atoms with van der Waals surface area (Å²) in [5.74, 6) is -0.252. The molecule has 2 aliphatic heterocycles. The predicted molar refractivity (Wildman–Crippen MR) is 78.0 cm³/mol. The minimum Gasteiger partial charge on any atom is -0.346 e. The summed E-state index contributed by atoms with van der Waals surface area (Å²) >= 11 is 0. The van der Waals surface area contributed by atoms with Crippen LogP contribution in [0.1, 0.15) is 19.3 Å². The molecule has 0 N–H and O–H groups in total. The Balaban J connectivity index is 1.96. The molecular formula is C13H23N3O4S. The molecule has 0 spiro atoms. The molecule has 120 valence electrons. The zero-order valence-corrected chi connectivity index (χ0v) is 13.4. The number of amides is 2. The van der Waals surface area contributed by atoms with Crippen molar-refractivity contribution in [3.8, 4) is 0 Å². The van der Waals surface area contributed by atoms with E-state index in [4.69, 9.17) is 0 Å². The monoisotopic (exact) mass is 317 g/mol. The number of carbonyl (C=O) groups excluding carboxylic acids is 2. The van der Waals surface area contributed by atoms with Gasteiger partial charge >= 0.3 is 0 Å². The van der Waals surface area contributed by atoms with E-state index >= 15 is 0 Å².